The first-order valence-corrected chi connectivity index (χ1v) is 4.96. The third-order valence-corrected chi connectivity index (χ3v) is 2.26. The molecule has 2 rings (SSSR count). The van der Waals surface area contributed by atoms with Crippen molar-refractivity contribution in [3.8, 4) is 0 Å². The molecule has 0 unspecified atom stereocenters. The molecule has 0 atom stereocenters. The van der Waals surface area contributed by atoms with E-state index in [1.54, 1.807) is 18.2 Å². The van der Waals surface area contributed by atoms with E-state index in [0.717, 1.165) is 6.29 Å². The second-order valence-electron chi connectivity index (χ2n) is 2.50. The average Bonchev–Trinajstić information content (AvgIpc) is 2.59. The number of carbonyl (C=O) groups excluding carboxylic acids is 1. The van der Waals surface area contributed by atoms with Gasteiger partial charge in [0.25, 0.3) is 5.22 Å². The lowest BCUT2D eigenvalue weighted by Crippen LogP contribution is -1.80. The predicted octanol–water partition coefficient (Wildman–Crippen LogP) is 2.36. The predicted molar refractivity (Wildman–Crippen MR) is 51.2 cm³/mol. The molecule has 0 bridgehead atoms. The van der Waals surface area contributed by atoms with Crippen LogP contribution in [0.25, 0.3) is 11.1 Å². The van der Waals surface area contributed by atoms with Crippen LogP contribution in [0, 0.1) is 0 Å². The summed E-state index contributed by atoms with van der Waals surface area (Å²) in [5, 5.41) is 0.587. The van der Waals surface area contributed by atoms with E-state index in [0.29, 0.717) is 21.9 Å². The van der Waals surface area contributed by atoms with Gasteiger partial charge in [0, 0.05) is 5.56 Å². The van der Waals surface area contributed by atoms with E-state index in [-0.39, 0.29) is 0 Å². The Morgan fingerprint density at radius 1 is 1.54 bits per heavy atom. The second-order valence-corrected chi connectivity index (χ2v) is 3.25. The van der Waals surface area contributed by atoms with Crippen LogP contribution in [-0.4, -0.2) is 17.5 Å². The van der Waals surface area contributed by atoms with Gasteiger partial charge >= 0.3 is 0 Å². The fourth-order valence-electron chi connectivity index (χ4n) is 1.13. The van der Waals surface area contributed by atoms with Crippen LogP contribution in [0.3, 0.4) is 0 Å². The van der Waals surface area contributed by atoms with Crippen molar-refractivity contribution in [3.63, 3.8) is 0 Å². The summed E-state index contributed by atoms with van der Waals surface area (Å²) in [6, 6.07) is 5.30. The highest BCUT2D eigenvalue weighted by atomic mass is 32.2. The number of benzene rings is 1. The molecular formula is C9H7NO2S. The highest BCUT2D eigenvalue weighted by Gasteiger charge is 2.07. The van der Waals surface area contributed by atoms with Crippen molar-refractivity contribution in [2.24, 2.45) is 0 Å². The van der Waals surface area contributed by atoms with Gasteiger partial charge in [0.15, 0.2) is 11.9 Å². The minimum Gasteiger partial charge on any atom is -0.431 e. The summed E-state index contributed by atoms with van der Waals surface area (Å²) in [5.74, 6) is 0. The van der Waals surface area contributed by atoms with Gasteiger partial charge in [0.1, 0.15) is 5.52 Å². The van der Waals surface area contributed by atoms with Crippen LogP contribution in [0.4, 0.5) is 0 Å². The molecule has 0 saturated heterocycles. The van der Waals surface area contributed by atoms with Crippen LogP contribution in [-0.2, 0) is 0 Å². The largest absolute Gasteiger partial charge is 0.431 e. The molecule has 0 amide bonds. The maximum absolute atomic E-state index is 10.6. The normalized spacial score (nSPS) is 10.5. The lowest BCUT2D eigenvalue weighted by atomic mass is 10.2. The lowest BCUT2D eigenvalue weighted by Gasteiger charge is -1.87. The van der Waals surface area contributed by atoms with Crippen molar-refractivity contribution in [1.82, 2.24) is 4.98 Å². The van der Waals surface area contributed by atoms with Crippen molar-refractivity contribution in [1.29, 1.82) is 0 Å². The Balaban J connectivity index is 2.74. The first-order chi connectivity index (χ1) is 6.35. The zero-order valence-corrected chi connectivity index (χ0v) is 7.80. The second kappa shape index (κ2) is 3.22. The third-order valence-electron chi connectivity index (χ3n) is 1.73. The number of aldehydes is 1. The molecule has 0 aliphatic heterocycles. The van der Waals surface area contributed by atoms with Crippen LogP contribution in [0.2, 0.25) is 0 Å². The number of thioether (sulfide) groups is 1. The summed E-state index contributed by atoms with van der Waals surface area (Å²) in [5.41, 5.74) is 1.87. The first-order valence-electron chi connectivity index (χ1n) is 3.74. The maximum Gasteiger partial charge on any atom is 0.256 e. The molecule has 4 heteroatoms. The van der Waals surface area contributed by atoms with Crippen molar-refractivity contribution in [2.45, 2.75) is 5.22 Å². The molecule has 0 radical (unpaired) electrons. The van der Waals surface area contributed by atoms with Gasteiger partial charge in [-0.3, -0.25) is 4.79 Å². The summed E-state index contributed by atoms with van der Waals surface area (Å²) in [6.07, 6.45) is 2.67. The van der Waals surface area contributed by atoms with Crippen LogP contribution in [0.15, 0.2) is 27.8 Å². The molecule has 0 saturated carbocycles. The van der Waals surface area contributed by atoms with Crippen molar-refractivity contribution in [2.75, 3.05) is 6.26 Å². The van der Waals surface area contributed by atoms with Gasteiger partial charge in [-0.25, -0.2) is 4.98 Å². The number of para-hydroxylation sites is 1. The summed E-state index contributed by atoms with van der Waals surface area (Å²) in [7, 11) is 0. The summed E-state index contributed by atoms with van der Waals surface area (Å²) >= 11 is 1.42. The SMILES string of the molecule is CSc1nc2c(C=O)cccc2o1. The molecule has 0 aliphatic rings. The number of rotatable bonds is 2. The average molecular weight is 193 g/mol. The monoisotopic (exact) mass is 193 g/mol. The Labute approximate surface area is 79.1 Å². The highest BCUT2D eigenvalue weighted by Crippen LogP contribution is 2.23. The Hall–Kier alpha value is -1.29. The standard InChI is InChI=1S/C9H7NO2S/c1-13-9-10-8-6(5-11)3-2-4-7(8)12-9/h2-5H,1H3. The quantitative estimate of drug-likeness (QED) is 0.542. The minimum atomic E-state index is 0.571. The number of hydrogen-bond donors (Lipinski definition) is 0. The zero-order chi connectivity index (χ0) is 9.26. The molecule has 13 heavy (non-hydrogen) atoms. The number of hydrogen-bond acceptors (Lipinski definition) is 4. The summed E-state index contributed by atoms with van der Waals surface area (Å²) in [4.78, 5) is 14.8. The highest BCUT2D eigenvalue weighted by molar-refractivity contribution is 7.98. The molecule has 0 fully saturated rings. The minimum absolute atomic E-state index is 0.571. The molecule has 0 N–H and O–H groups in total. The van der Waals surface area contributed by atoms with Crippen LogP contribution < -0.4 is 0 Å². The number of nitrogens with zero attached hydrogens (tertiary/aromatic N) is 1. The lowest BCUT2D eigenvalue weighted by molar-refractivity contribution is 0.112. The fourth-order valence-corrected chi connectivity index (χ4v) is 1.49. The molecule has 1 aromatic carbocycles. The number of oxazole rings is 1. The number of carbonyl (C=O) groups is 1. The van der Waals surface area contributed by atoms with E-state index >= 15 is 0 Å². The van der Waals surface area contributed by atoms with Gasteiger partial charge in [-0.15, -0.1) is 0 Å². The van der Waals surface area contributed by atoms with E-state index in [4.69, 9.17) is 4.42 Å². The van der Waals surface area contributed by atoms with Gasteiger partial charge in [-0.2, -0.15) is 0 Å². The van der Waals surface area contributed by atoms with E-state index in [1.165, 1.54) is 11.8 Å². The molecule has 1 aromatic heterocycles. The van der Waals surface area contributed by atoms with E-state index < -0.39 is 0 Å². The molecular weight excluding hydrogens is 186 g/mol. The summed E-state index contributed by atoms with van der Waals surface area (Å²) in [6.45, 7) is 0. The number of aromatic nitrogens is 1. The van der Waals surface area contributed by atoms with E-state index in [2.05, 4.69) is 4.98 Å². The molecule has 3 nitrogen and oxygen atoms in total. The van der Waals surface area contributed by atoms with Crippen molar-refractivity contribution < 1.29 is 9.21 Å². The molecule has 2 aromatic rings. The van der Waals surface area contributed by atoms with Crippen LogP contribution in [0.1, 0.15) is 10.4 Å². The van der Waals surface area contributed by atoms with Crippen molar-refractivity contribution in [3.05, 3.63) is 23.8 Å². The van der Waals surface area contributed by atoms with E-state index in [9.17, 15) is 4.79 Å². The van der Waals surface area contributed by atoms with Crippen LogP contribution >= 0.6 is 11.8 Å². The Morgan fingerprint density at radius 3 is 3.08 bits per heavy atom. The van der Waals surface area contributed by atoms with Gasteiger partial charge in [-0.1, -0.05) is 17.8 Å². The molecule has 66 valence electrons. The first kappa shape index (κ1) is 8.31. The Kier molecular flexibility index (Phi) is 2.06. The molecule has 1 heterocycles. The fraction of sp³-hybridized carbons (Fsp3) is 0.111. The number of fused-ring (bicyclic) bond motifs is 1. The van der Waals surface area contributed by atoms with E-state index in [1.807, 2.05) is 6.26 Å². The van der Waals surface area contributed by atoms with Gasteiger partial charge in [0.2, 0.25) is 0 Å². The maximum atomic E-state index is 10.6. The summed E-state index contributed by atoms with van der Waals surface area (Å²) < 4.78 is 5.35. The molecule has 0 spiro atoms. The van der Waals surface area contributed by atoms with Gasteiger partial charge in [-0.05, 0) is 18.4 Å². The Bertz CT molecular complexity index is 450. The van der Waals surface area contributed by atoms with Gasteiger partial charge in [0.05, 0.1) is 0 Å². The zero-order valence-electron chi connectivity index (χ0n) is 6.98. The van der Waals surface area contributed by atoms with Crippen LogP contribution in [0.5, 0.6) is 0 Å². The third kappa shape index (κ3) is 1.33. The molecule has 0 aliphatic carbocycles. The van der Waals surface area contributed by atoms with Gasteiger partial charge < -0.3 is 4.42 Å². The smallest absolute Gasteiger partial charge is 0.256 e. The Morgan fingerprint density at radius 2 is 2.38 bits per heavy atom. The topological polar surface area (TPSA) is 43.1 Å². The van der Waals surface area contributed by atoms with Crippen molar-refractivity contribution >= 4 is 29.1 Å².